The van der Waals surface area contributed by atoms with Gasteiger partial charge in [0.25, 0.3) is 0 Å². The fourth-order valence-electron chi connectivity index (χ4n) is 2.49. The van der Waals surface area contributed by atoms with Gasteiger partial charge in [0.15, 0.2) is 5.82 Å². The number of aromatic nitrogens is 6. The third-order valence-corrected chi connectivity index (χ3v) is 4.59. The molecule has 20 heavy (non-hydrogen) atoms. The first-order chi connectivity index (χ1) is 9.72. The fraction of sp³-hybridized carbons (Fsp3) is 0.500. The van der Waals surface area contributed by atoms with Crippen LogP contribution in [0.1, 0.15) is 48.0 Å². The second-order valence-corrected chi connectivity index (χ2v) is 6.30. The largest absolute Gasteiger partial charge is 0.347 e. The molecule has 7 nitrogen and oxygen atoms in total. The highest BCUT2D eigenvalue weighted by molar-refractivity contribution is 7.16. The summed E-state index contributed by atoms with van der Waals surface area (Å²) in [4.78, 5) is 8.38. The van der Waals surface area contributed by atoms with Crippen LogP contribution in [-0.2, 0) is 13.0 Å². The predicted molar refractivity (Wildman–Crippen MR) is 74.6 cm³/mol. The van der Waals surface area contributed by atoms with Crippen molar-refractivity contribution < 1.29 is 0 Å². The first kappa shape index (κ1) is 12.0. The van der Waals surface area contributed by atoms with Gasteiger partial charge in [-0.05, 0) is 0 Å². The smallest absolute Gasteiger partial charge is 0.234 e. The summed E-state index contributed by atoms with van der Waals surface area (Å²) in [6.07, 6.45) is 2.62. The number of imidazole rings is 1. The van der Waals surface area contributed by atoms with E-state index in [9.17, 15) is 0 Å². The molecule has 0 saturated carbocycles. The van der Waals surface area contributed by atoms with Gasteiger partial charge in [0.1, 0.15) is 5.01 Å². The first-order valence-corrected chi connectivity index (χ1v) is 7.50. The normalized spacial score (nSPS) is 18.9. The molecular weight excluding hydrogens is 274 g/mol. The second-order valence-electron chi connectivity index (χ2n) is 5.31. The minimum absolute atomic E-state index is 0.206. The number of hydrogen-bond donors (Lipinski definition) is 2. The highest BCUT2D eigenvalue weighted by Crippen LogP contribution is 2.28. The first-order valence-electron chi connectivity index (χ1n) is 6.69. The molecule has 0 aliphatic carbocycles. The van der Waals surface area contributed by atoms with E-state index in [0.29, 0.717) is 5.92 Å². The highest BCUT2D eigenvalue weighted by atomic mass is 32.1. The Bertz CT molecular complexity index is 753. The van der Waals surface area contributed by atoms with Crippen LogP contribution in [0.3, 0.4) is 0 Å². The number of hydrogen-bond acceptors (Lipinski definition) is 6. The van der Waals surface area contributed by atoms with Crippen molar-refractivity contribution in [2.45, 2.75) is 38.8 Å². The average Bonchev–Trinajstić information content (AvgIpc) is 3.11. The number of aromatic amines is 1. The van der Waals surface area contributed by atoms with Gasteiger partial charge < -0.3 is 10.3 Å². The fourth-order valence-corrected chi connectivity index (χ4v) is 3.41. The minimum atomic E-state index is 0.206. The van der Waals surface area contributed by atoms with Crippen LogP contribution in [0.25, 0.3) is 4.96 Å². The Balaban J connectivity index is 1.69. The Morgan fingerprint density at radius 2 is 2.30 bits per heavy atom. The quantitative estimate of drug-likeness (QED) is 0.745. The Morgan fingerprint density at radius 1 is 1.40 bits per heavy atom. The maximum Gasteiger partial charge on any atom is 0.234 e. The van der Waals surface area contributed by atoms with Crippen LogP contribution < -0.4 is 5.32 Å². The van der Waals surface area contributed by atoms with Crippen molar-refractivity contribution in [3.63, 3.8) is 0 Å². The molecule has 1 aliphatic rings. The zero-order valence-electron chi connectivity index (χ0n) is 11.3. The zero-order chi connectivity index (χ0) is 13.7. The topological polar surface area (TPSA) is 83.8 Å². The van der Waals surface area contributed by atoms with Crippen molar-refractivity contribution in [2.75, 3.05) is 0 Å². The molecule has 2 N–H and O–H groups in total. The lowest BCUT2D eigenvalue weighted by molar-refractivity contribution is 0.482. The van der Waals surface area contributed by atoms with E-state index in [4.69, 9.17) is 0 Å². The molecule has 4 heterocycles. The van der Waals surface area contributed by atoms with Gasteiger partial charge in [-0.2, -0.15) is 9.61 Å². The molecule has 0 aromatic carbocycles. The lowest BCUT2D eigenvalue weighted by Gasteiger charge is -2.20. The monoisotopic (exact) mass is 289 g/mol. The summed E-state index contributed by atoms with van der Waals surface area (Å²) in [5, 5.41) is 17.6. The van der Waals surface area contributed by atoms with Crippen LogP contribution >= 0.6 is 11.3 Å². The number of nitrogens with zero attached hydrogens (tertiary/aromatic N) is 5. The van der Waals surface area contributed by atoms with Crippen molar-refractivity contribution in [1.82, 2.24) is 35.1 Å². The van der Waals surface area contributed by atoms with E-state index in [1.165, 1.54) is 5.69 Å². The summed E-state index contributed by atoms with van der Waals surface area (Å²) in [5.74, 6) is 1.23. The Kier molecular flexibility index (Phi) is 2.61. The molecule has 0 spiro atoms. The van der Waals surface area contributed by atoms with Gasteiger partial charge in [-0.15, -0.1) is 10.2 Å². The third kappa shape index (κ3) is 1.75. The number of nitrogens with one attached hydrogen (secondary N) is 2. The average molecular weight is 289 g/mol. The molecule has 0 bridgehead atoms. The van der Waals surface area contributed by atoms with Crippen molar-refractivity contribution in [2.24, 2.45) is 0 Å². The van der Waals surface area contributed by atoms with Crippen molar-refractivity contribution >= 4 is 16.3 Å². The van der Waals surface area contributed by atoms with Crippen molar-refractivity contribution in [3.05, 3.63) is 28.5 Å². The van der Waals surface area contributed by atoms with E-state index >= 15 is 0 Å². The second kappa shape index (κ2) is 4.35. The van der Waals surface area contributed by atoms with Crippen molar-refractivity contribution in [3.8, 4) is 0 Å². The zero-order valence-corrected chi connectivity index (χ0v) is 12.1. The predicted octanol–water partition coefficient (Wildman–Crippen LogP) is 1.42. The third-order valence-electron chi connectivity index (χ3n) is 3.58. The summed E-state index contributed by atoms with van der Waals surface area (Å²) in [7, 11) is 0. The molecule has 1 atom stereocenters. The molecule has 0 saturated heterocycles. The molecule has 0 radical (unpaired) electrons. The molecular formula is C12H15N7S. The van der Waals surface area contributed by atoms with E-state index in [1.54, 1.807) is 17.7 Å². The summed E-state index contributed by atoms with van der Waals surface area (Å²) < 4.78 is 1.87. The van der Waals surface area contributed by atoms with Crippen LogP contribution in [0.4, 0.5) is 0 Å². The summed E-state index contributed by atoms with van der Waals surface area (Å²) in [5.41, 5.74) is 2.30. The molecule has 8 heteroatoms. The molecule has 1 unspecified atom stereocenters. The Labute approximate surface area is 119 Å². The van der Waals surface area contributed by atoms with Gasteiger partial charge in [0.2, 0.25) is 4.96 Å². The lowest BCUT2D eigenvalue weighted by Crippen LogP contribution is -2.28. The van der Waals surface area contributed by atoms with E-state index in [1.807, 2.05) is 4.52 Å². The van der Waals surface area contributed by atoms with E-state index < -0.39 is 0 Å². The molecule has 104 valence electrons. The Morgan fingerprint density at radius 3 is 3.15 bits per heavy atom. The van der Waals surface area contributed by atoms with Gasteiger partial charge in [-0.25, -0.2) is 4.98 Å². The number of rotatable bonds is 2. The molecule has 3 aromatic rings. The van der Waals surface area contributed by atoms with Gasteiger partial charge in [0, 0.05) is 18.9 Å². The molecule has 0 fully saturated rings. The molecule has 1 aliphatic heterocycles. The highest BCUT2D eigenvalue weighted by Gasteiger charge is 2.25. The Hall–Kier alpha value is -1.80. The number of H-pyrrole nitrogens is 1. The van der Waals surface area contributed by atoms with Crippen molar-refractivity contribution in [1.29, 1.82) is 0 Å². The number of fused-ring (bicyclic) bond motifs is 2. The summed E-state index contributed by atoms with van der Waals surface area (Å²) in [6, 6.07) is 0.206. The van der Waals surface area contributed by atoms with Crippen LogP contribution in [0, 0.1) is 0 Å². The van der Waals surface area contributed by atoms with Gasteiger partial charge in [-0.1, -0.05) is 25.2 Å². The maximum atomic E-state index is 4.68. The molecule has 4 rings (SSSR count). The lowest BCUT2D eigenvalue weighted by atomic mass is 10.1. The van der Waals surface area contributed by atoms with E-state index in [0.717, 1.165) is 34.5 Å². The van der Waals surface area contributed by atoms with E-state index in [-0.39, 0.29) is 6.04 Å². The van der Waals surface area contributed by atoms with Crippen LogP contribution in [0.15, 0.2) is 6.33 Å². The maximum absolute atomic E-state index is 4.68. The van der Waals surface area contributed by atoms with E-state index in [2.05, 4.69) is 44.4 Å². The summed E-state index contributed by atoms with van der Waals surface area (Å²) in [6.45, 7) is 5.01. The van der Waals surface area contributed by atoms with Gasteiger partial charge >= 0.3 is 0 Å². The SMILES string of the molecule is CC(C)c1nnc2sc(C3Cc4nc[nH]c4CN3)nn12. The summed E-state index contributed by atoms with van der Waals surface area (Å²) >= 11 is 1.60. The minimum Gasteiger partial charge on any atom is -0.347 e. The van der Waals surface area contributed by atoms with Gasteiger partial charge in [-0.3, -0.25) is 0 Å². The van der Waals surface area contributed by atoms with Crippen LogP contribution in [-0.4, -0.2) is 29.8 Å². The molecule has 3 aromatic heterocycles. The van der Waals surface area contributed by atoms with Crippen LogP contribution in [0.5, 0.6) is 0 Å². The van der Waals surface area contributed by atoms with Gasteiger partial charge in [0.05, 0.1) is 23.8 Å². The molecule has 0 amide bonds. The standard InChI is InChI=1S/C12H15N7S/c1-6(2)10-16-17-12-19(10)18-11(20-12)8-3-7-9(4-13-8)15-5-14-7/h5-6,8,13H,3-4H2,1-2H3,(H,14,15). The van der Waals surface area contributed by atoms with Crippen LogP contribution in [0.2, 0.25) is 0 Å².